The highest BCUT2D eigenvalue weighted by atomic mass is 32.1. The number of rotatable bonds is 3. The first kappa shape index (κ1) is 21.5. The number of aryl methyl sites for hydroxylation is 2. The fourth-order valence-electron chi connectivity index (χ4n) is 6.25. The number of carbonyl (C=O) groups excluding carboxylic acids is 1. The molecule has 1 spiro atoms. The molecule has 34 heavy (non-hydrogen) atoms. The molecule has 176 valence electrons. The Balaban J connectivity index is 1.45. The van der Waals surface area contributed by atoms with Crippen LogP contribution in [-0.2, 0) is 23.2 Å². The highest BCUT2D eigenvalue weighted by Crippen LogP contribution is 2.44. The van der Waals surface area contributed by atoms with Crippen LogP contribution in [0.25, 0.3) is 10.2 Å². The summed E-state index contributed by atoms with van der Waals surface area (Å²) in [4.78, 5) is 48.9. The van der Waals surface area contributed by atoms with Gasteiger partial charge in [0.2, 0.25) is 0 Å². The summed E-state index contributed by atoms with van der Waals surface area (Å²) in [6.45, 7) is 1.89. The molecule has 8 nitrogen and oxygen atoms in total. The topological polar surface area (TPSA) is 114 Å². The lowest BCUT2D eigenvalue weighted by Crippen LogP contribution is -2.40. The van der Waals surface area contributed by atoms with Crippen LogP contribution >= 0.6 is 11.3 Å². The second kappa shape index (κ2) is 7.73. The number of aromatic nitrogens is 3. The molecule has 0 radical (unpaired) electrons. The van der Waals surface area contributed by atoms with Gasteiger partial charge in [0.25, 0.3) is 5.56 Å². The summed E-state index contributed by atoms with van der Waals surface area (Å²) < 4.78 is 1.78. The van der Waals surface area contributed by atoms with Crippen LogP contribution in [0.2, 0.25) is 0 Å². The molecule has 0 aromatic carbocycles. The van der Waals surface area contributed by atoms with Crippen molar-refractivity contribution in [3.05, 3.63) is 44.4 Å². The Labute approximate surface area is 200 Å². The lowest BCUT2D eigenvalue weighted by atomic mass is 9.80. The Bertz CT molecular complexity index is 1420. The van der Waals surface area contributed by atoms with Gasteiger partial charge in [0.15, 0.2) is 5.78 Å². The van der Waals surface area contributed by atoms with E-state index in [4.69, 9.17) is 0 Å². The number of nitrogens with zero attached hydrogens (tertiary/aromatic N) is 3. The summed E-state index contributed by atoms with van der Waals surface area (Å²) in [6, 6.07) is 1.77. The number of anilines is 2. The summed E-state index contributed by atoms with van der Waals surface area (Å²) in [5.74, 6) is -0.513. The van der Waals surface area contributed by atoms with Crippen molar-refractivity contribution < 1.29 is 14.7 Å². The van der Waals surface area contributed by atoms with Gasteiger partial charge in [-0.25, -0.2) is 9.97 Å². The van der Waals surface area contributed by atoms with Gasteiger partial charge in [0.05, 0.1) is 22.5 Å². The SMILES string of the molecule is Cc1cc(Nc2ncnc3sc4c(c23)CC[C@H](C(=O)O)C4)c(=O)n2c1C(=O)CC21CCCCC1. The Morgan fingerprint density at radius 3 is 2.79 bits per heavy atom. The van der Waals surface area contributed by atoms with E-state index in [1.54, 1.807) is 10.6 Å². The quantitative estimate of drug-likeness (QED) is 0.575. The minimum atomic E-state index is -0.764. The van der Waals surface area contributed by atoms with Crippen LogP contribution < -0.4 is 10.9 Å². The molecule has 2 N–H and O–H groups in total. The van der Waals surface area contributed by atoms with E-state index < -0.39 is 11.5 Å². The third-order valence-electron chi connectivity index (χ3n) is 7.85. The number of thiophene rings is 1. The Hall–Kier alpha value is -3.07. The predicted octanol–water partition coefficient (Wildman–Crippen LogP) is 4.34. The first-order valence-corrected chi connectivity index (χ1v) is 12.7. The van der Waals surface area contributed by atoms with Crippen LogP contribution in [0, 0.1) is 12.8 Å². The molecule has 1 aliphatic heterocycles. The smallest absolute Gasteiger partial charge is 0.306 e. The number of carbonyl (C=O) groups is 2. The molecular weight excluding hydrogens is 452 g/mol. The molecular formula is C25H26N4O4S. The minimum absolute atomic E-state index is 0.0624. The highest BCUT2D eigenvalue weighted by molar-refractivity contribution is 7.19. The molecule has 0 saturated heterocycles. The summed E-state index contributed by atoms with van der Waals surface area (Å²) >= 11 is 1.51. The summed E-state index contributed by atoms with van der Waals surface area (Å²) in [5, 5.41) is 13.6. The molecule has 0 bridgehead atoms. The standard InChI is InChI=1S/C25H26N4O4S/c1-13-9-16(23(31)29-20(13)17(30)11-25(29)7-3-2-4-8-25)28-21-19-15-6-5-14(24(32)33)10-18(15)34-22(19)27-12-26-21/h9,12,14H,2-8,10-11H2,1H3,(H,32,33)(H,26,27,28)/t14-/m0/s1. The first-order valence-electron chi connectivity index (χ1n) is 11.9. The predicted molar refractivity (Wildman–Crippen MR) is 129 cm³/mol. The summed E-state index contributed by atoms with van der Waals surface area (Å²) in [7, 11) is 0. The van der Waals surface area contributed by atoms with Crippen molar-refractivity contribution in [2.24, 2.45) is 5.92 Å². The van der Waals surface area contributed by atoms with Gasteiger partial charge >= 0.3 is 5.97 Å². The van der Waals surface area contributed by atoms with Gasteiger partial charge in [-0.15, -0.1) is 11.3 Å². The number of Topliss-reactive ketones (excluding diaryl/α,β-unsaturated/α-hetero) is 1. The molecule has 1 fully saturated rings. The van der Waals surface area contributed by atoms with E-state index in [-0.39, 0.29) is 17.3 Å². The number of carboxylic acids is 1. The maximum Gasteiger partial charge on any atom is 0.306 e. The van der Waals surface area contributed by atoms with Crippen molar-refractivity contribution in [2.75, 3.05) is 5.32 Å². The van der Waals surface area contributed by atoms with E-state index >= 15 is 0 Å². The van der Waals surface area contributed by atoms with Crippen LogP contribution in [0.3, 0.4) is 0 Å². The maximum absolute atomic E-state index is 13.8. The Morgan fingerprint density at radius 1 is 1.24 bits per heavy atom. The van der Waals surface area contributed by atoms with E-state index in [9.17, 15) is 19.5 Å². The zero-order valence-electron chi connectivity index (χ0n) is 19.0. The molecule has 1 atom stereocenters. The highest BCUT2D eigenvalue weighted by Gasteiger charge is 2.45. The van der Waals surface area contributed by atoms with Crippen molar-refractivity contribution in [3.8, 4) is 0 Å². The van der Waals surface area contributed by atoms with Crippen LogP contribution in [0.4, 0.5) is 11.5 Å². The molecule has 6 rings (SSSR count). The molecule has 3 aliphatic rings. The molecule has 0 unspecified atom stereocenters. The third kappa shape index (κ3) is 3.13. The van der Waals surface area contributed by atoms with Crippen molar-refractivity contribution in [3.63, 3.8) is 0 Å². The van der Waals surface area contributed by atoms with E-state index in [0.29, 0.717) is 42.9 Å². The molecule has 2 aliphatic carbocycles. The average Bonchev–Trinajstić information content (AvgIpc) is 3.33. The summed E-state index contributed by atoms with van der Waals surface area (Å²) in [5.41, 5.74) is 2.28. The summed E-state index contributed by atoms with van der Waals surface area (Å²) in [6.07, 6.45) is 8.52. The fourth-order valence-corrected chi connectivity index (χ4v) is 7.51. The van der Waals surface area contributed by atoms with E-state index in [1.807, 2.05) is 6.92 Å². The third-order valence-corrected chi connectivity index (χ3v) is 9.01. The van der Waals surface area contributed by atoms with Gasteiger partial charge in [0, 0.05) is 11.3 Å². The Morgan fingerprint density at radius 2 is 2.03 bits per heavy atom. The van der Waals surface area contributed by atoms with Gasteiger partial charge in [-0.3, -0.25) is 19.0 Å². The van der Waals surface area contributed by atoms with Crippen LogP contribution in [-0.4, -0.2) is 31.4 Å². The zero-order chi connectivity index (χ0) is 23.6. The largest absolute Gasteiger partial charge is 0.481 e. The van der Waals surface area contributed by atoms with Crippen LogP contribution in [0.1, 0.15) is 71.4 Å². The number of pyridine rings is 1. The lowest BCUT2D eigenvalue weighted by molar-refractivity contribution is -0.142. The maximum atomic E-state index is 13.8. The number of nitrogens with one attached hydrogen (secondary N) is 1. The van der Waals surface area contributed by atoms with Gasteiger partial charge in [-0.05, 0) is 56.2 Å². The molecule has 0 amide bonds. The number of hydrogen-bond acceptors (Lipinski definition) is 7. The molecule has 1 saturated carbocycles. The van der Waals surface area contributed by atoms with Crippen molar-refractivity contribution in [2.45, 2.75) is 70.3 Å². The van der Waals surface area contributed by atoms with Crippen molar-refractivity contribution in [1.29, 1.82) is 0 Å². The number of aliphatic carboxylic acids is 1. The molecule has 9 heteroatoms. The lowest BCUT2D eigenvalue weighted by Gasteiger charge is -2.35. The number of ketones is 1. The molecule has 3 aromatic rings. The average molecular weight is 479 g/mol. The second-order valence-electron chi connectivity index (χ2n) is 9.92. The second-order valence-corrected chi connectivity index (χ2v) is 11.0. The van der Waals surface area contributed by atoms with Gasteiger partial charge < -0.3 is 10.4 Å². The minimum Gasteiger partial charge on any atom is -0.481 e. The van der Waals surface area contributed by atoms with E-state index in [1.165, 1.54) is 17.7 Å². The molecule has 4 heterocycles. The number of carboxylic acid groups (broad SMARTS) is 1. The van der Waals surface area contributed by atoms with Crippen molar-refractivity contribution in [1.82, 2.24) is 14.5 Å². The first-order chi connectivity index (χ1) is 16.4. The van der Waals surface area contributed by atoms with Crippen LogP contribution in [0.5, 0.6) is 0 Å². The van der Waals surface area contributed by atoms with E-state index in [2.05, 4.69) is 15.3 Å². The number of fused-ring (bicyclic) bond motifs is 5. The van der Waals surface area contributed by atoms with Gasteiger partial charge in [-0.2, -0.15) is 0 Å². The monoisotopic (exact) mass is 478 g/mol. The molecule has 3 aromatic heterocycles. The Kier molecular flexibility index (Phi) is 4.88. The normalized spacial score (nSPS) is 21.0. The van der Waals surface area contributed by atoms with E-state index in [0.717, 1.165) is 58.3 Å². The van der Waals surface area contributed by atoms with Crippen LogP contribution in [0.15, 0.2) is 17.2 Å². The number of hydrogen-bond donors (Lipinski definition) is 2. The van der Waals surface area contributed by atoms with Gasteiger partial charge in [0.1, 0.15) is 22.7 Å². The fraction of sp³-hybridized carbons (Fsp3) is 0.480. The van der Waals surface area contributed by atoms with Crippen molar-refractivity contribution >= 4 is 44.8 Å². The van der Waals surface area contributed by atoms with Gasteiger partial charge in [-0.1, -0.05) is 19.3 Å². The zero-order valence-corrected chi connectivity index (χ0v) is 19.8.